The van der Waals surface area contributed by atoms with Crippen LogP contribution < -0.4 is 10.5 Å². The van der Waals surface area contributed by atoms with E-state index in [1.54, 1.807) is 0 Å². The molecule has 34 heavy (non-hydrogen) atoms. The first-order chi connectivity index (χ1) is 16.6. The lowest BCUT2D eigenvalue weighted by Gasteiger charge is -2.34. The largest absolute Gasteiger partial charge is 0.491 e. The van der Waals surface area contributed by atoms with Crippen LogP contribution in [0, 0.1) is 0 Å². The van der Waals surface area contributed by atoms with Crippen LogP contribution in [0.4, 0.5) is 5.69 Å². The number of ether oxygens (including phenoxy) is 3. The van der Waals surface area contributed by atoms with E-state index in [0.717, 1.165) is 55.1 Å². The fraction of sp³-hybridized carbons (Fsp3) is 0.370. The number of likely N-dealkylation sites (tertiary alicyclic amines) is 1. The number of hydrogen-bond acceptors (Lipinski definition) is 7. The first-order valence-electron chi connectivity index (χ1n) is 11.7. The van der Waals surface area contributed by atoms with Gasteiger partial charge in [0.05, 0.1) is 25.5 Å². The van der Waals surface area contributed by atoms with Crippen LogP contribution >= 0.6 is 11.3 Å². The molecular weight excluding hydrogens is 448 g/mol. The quantitative estimate of drug-likeness (QED) is 0.246. The third-order valence-electron chi connectivity index (χ3n) is 6.03. The molecule has 1 saturated heterocycles. The van der Waals surface area contributed by atoms with Crippen molar-refractivity contribution in [2.75, 3.05) is 39.1 Å². The lowest BCUT2D eigenvalue weighted by atomic mass is 10.0. The molecule has 2 N–H and O–H groups in total. The molecule has 0 bridgehead atoms. The summed E-state index contributed by atoms with van der Waals surface area (Å²) < 4.78 is 17.3. The van der Waals surface area contributed by atoms with Crippen LogP contribution in [0.5, 0.6) is 5.75 Å². The zero-order chi connectivity index (χ0) is 23.8. The minimum absolute atomic E-state index is 0.172. The maximum absolute atomic E-state index is 11.9. The Morgan fingerprint density at radius 3 is 2.53 bits per heavy atom. The summed E-state index contributed by atoms with van der Waals surface area (Å²) in [6, 6.07) is 21.6. The minimum Gasteiger partial charge on any atom is -0.491 e. The predicted molar refractivity (Wildman–Crippen MR) is 135 cm³/mol. The number of para-hydroxylation sites is 2. The van der Waals surface area contributed by atoms with E-state index in [-0.39, 0.29) is 18.2 Å². The van der Waals surface area contributed by atoms with Crippen molar-refractivity contribution in [3.63, 3.8) is 0 Å². The fourth-order valence-corrected chi connectivity index (χ4v) is 5.18. The van der Waals surface area contributed by atoms with Crippen molar-refractivity contribution in [1.82, 2.24) is 4.90 Å². The molecular formula is C27H32N2O4S. The molecule has 6 nitrogen and oxygen atoms in total. The van der Waals surface area contributed by atoms with Crippen molar-refractivity contribution in [1.29, 1.82) is 0 Å². The molecule has 1 aliphatic heterocycles. The number of hydrogen-bond donors (Lipinski definition) is 1. The van der Waals surface area contributed by atoms with Gasteiger partial charge in [-0.1, -0.05) is 42.5 Å². The number of piperidine rings is 1. The van der Waals surface area contributed by atoms with Crippen LogP contribution in [0.1, 0.15) is 45.5 Å². The lowest BCUT2D eigenvalue weighted by molar-refractivity contribution is -0.0260. The number of anilines is 1. The number of nitrogens with zero attached hydrogens (tertiary/aromatic N) is 1. The van der Waals surface area contributed by atoms with Gasteiger partial charge >= 0.3 is 5.97 Å². The summed E-state index contributed by atoms with van der Waals surface area (Å²) in [5, 5.41) is 0. The molecule has 0 saturated carbocycles. The summed E-state index contributed by atoms with van der Waals surface area (Å²) in [6.07, 6.45) is 2.89. The summed E-state index contributed by atoms with van der Waals surface area (Å²) in [6.45, 7) is 3.64. The second-order valence-corrected chi connectivity index (χ2v) is 9.52. The Balaban J connectivity index is 1.28. The second-order valence-electron chi connectivity index (χ2n) is 8.40. The third kappa shape index (κ3) is 6.38. The molecule has 1 aliphatic rings. The van der Waals surface area contributed by atoms with Crippen molar-refractivity contribution in [2.24, 2.45) is 0 Å². The molecule has 0 spiro atoms. The van der Waals surface area contributed by atoms with Crippen LogP contribution in [0.15, 0.2) is 66.7 Å². The highest BCUT2D eigenvalue weighted by atomic mass is 32.1. The van der Waals surface area contributed by atoms with Gasteiger partial charge in [0.1, 0.15) is 16.7 Å². The Bertz CT molecular complexity index is 1050. The van der Waals surface area contributed by atoms with Gasteiger partial charge in [-0.05, 0) is 49.1 Å². The first kappa shape index (κ1) is 24.3. The highest BCUT2D eigenvalue weighted by molar-refractivity contribution is 7.14. The molecule has 180 valence electrons. The molecule has 4 rings (SSSR count). The van der Waals surface area contributed by atoms with Crippen molar-refractivity contribution >= 4 is 23.0 Å². The maximum Gasteiger partial charge on any atom is 0.348 e. The number of methoxy groups -OCH3 is 1. The smallest absolute Gasteiger partial charge is 0.348 e. The summed E-state index contributed by atoms with van der Waals surface area (Å²) >= 11 is 1.44. The van der Waals surface area contributed by atoms with Crippen molar-refractivity contribution in [2.45, 2.75) is 31.5 Å². The topological polar surface area (TPSA) is 74.0 Å². The van der Waals surface area contributed by atoms with Gasteiger partial charge < -0.3 is 24.8 Å². The molecule has 1 atom stereocenters. The number of benzene rings is 2. The van der Waals surface area contributed by atoms with Crippen LogP contribution in [-0.2, 0) is 9.47 Å². The Hall–Kier alpha value is -2.87. The summed E-state index contributed by atoms with van der Waals surface area (Å²) in [5.41, 5.74) is 7.71. The maximum atomic E-state index is 11.9. The van der Waals surface area contributed by atoms with E-state index in [1.165, 1.54) is 18.4 Å². The predicted octanol–water partition coefficient (Wildman–Crippen LogP) is 5.16. The SMILES string of the molecule is COC(=O)c1ccc(C(OC2CCN(CCCOc3ccccc3N)CC2)c2ccccc2)s1. The summed E-state index contributed by atoms with van der Waals surface area (Å²) in [7, 11) is 1.41. The van der Waals surface area contributed by atoms with Gasteiger partial charge in [0, 0.05) is 24.5 Å². The van der Waals surface area contributed by atoms with E-state index in [2.05, 4.69) is 17.0 Å². The van der Waals surface area contributed by atoms with Crippen LogP contribution in [-0.4, -0.2) is 50.3 Å². The van der Waals surface area contributed by atoms with E-state index in [0.29, 0.717) is 17.2 Å². The van der Waals surface area contributed by atoms with Gasteiger partial charge in [-0.3, -0.25) is 0 Å². The molecule has 1 aromatic heterocycles. The zero-order valence-electron chi connectivity index (χ0n) is 19.5. The van der Waals surface area contributed by atoms with E-state index >= 15 is 0 Å². The van der Waals surface area contributed by atoms with Gasteiger partial charge in [0.2, 0.25) is 0 Å². The summed E-state index contributed by atoms with van der Waals surface area (Å²) in [5.74, 6) is 0.445. The Morgan fingerprint density at radius 1 is 1.06 bits per heavy atom. The molecule has 7 heteroatoms. The average Bonchev–Trinajstić information content (AvgIpc) is 3.37. The third-order valence-corrected chi connectivity index (χ3v) is 7.14. The van der Waals surface area contributed by atoms with Gasteiger partial charge in [-0.25, -0.2) is 4.79 Å². The number of nitrogens with two attached hydrogens (primary N) is 1. The van der Waals surface area contributed by atoms with Crippen molar-refractivity contribution < 1.29 is 19.0 Å². The van der Waals surface area contributed by atoms with Crippen molar-refractivity contribution in [3.05, 3.63) is 82.0 Å². The Kier molecular flexibility index (Phi) is 8.57. The molecule has 0 amide bonds. The highest BCUT2D eigenvalue weighted by Crippen LogP contribution is 2.34. The van der Waals surface area contributed by atoms with Crippen LogP contribution in [0.3, 0.4) is 0 Å². The van der Waals surface area contributed by atoms with E-state index in [1.807, 2.05) is 54.6 Å². The van der Waals surface area contributed by atoms with E-state index < -0.39 is 0 Å². The zero-order valence-corrected chi connectivity index (χ0v) is 20.3. The average molecular weight is 481 g/mol. The number of carbonyl (C=O) groups excluding carboxylic acids is 1. The van der Waals surface area contributed by atoms with Crippen LogP contribution in [0.25, 0.3) is 0 Å². The molecule has 1 unspecified atom stereocenters. The highest BCUT2D eigenvalue weighted by Gasteiger charge is 2.26. The molecule has 3 aromatic rings. The van der Waals surface area contributed by atoms with E-state index in [9.17, 15) is 4.79 Å². The van der Waals surface area contributed by atoms with Gasteiger partial charge in [-0.15, -0.1) is 11.3 Å². The molecule has 2 aromatic carbocycles. The molecule has 0 aliphatic carbocycles. The summed E-state index contributed by atoms with van der Waals surface area (Å²) in [4.78, 5) is 16.0. The number of nitrogen functional groups attached to an aromatic ring is 1. The number of carbonyl (C=O) groups is 1. The van der Waals surface area contributed by atoms with E-state index in [4.69, 9.17) is 19.9 Å². The second kappa shape index (κ2) is 12.0. The standard InChI is InChI=1S/C27H32N2O4S/c1-31-27(30)25-13-12-24(34-25)26(20-8-3-2-4-9-20)33-21-14-17-29(18-15-21)16-7-19-32-23-11-6-5-10-22(23)28/h2-6,8-13,21,26H,7,14-19,28H2,1H3. The normalized spacial score (nSPS) is 15.7. The number of thiophene rings is 1. The molecule has 2 heterocycles. The molecule has 1 fully saturated rings. The number of rotatable bonds is 10. The lowest BCUT2D eigenvalue weighted by Crippen LogP contribution is -2.38. The monoisotopic (exact) mass is 480 g/mol. The Labute approximate surface area is 205 Å². The van der Waals surface area contributed by atoms with Gasteiger partial charge in [-0.2, -0.15) is 0 Å². The van der Waals surface area contributed by atoms with Crippen LogP contribution in [0.2, 0.25) is 0 Å². The van der Waals surface area contributed by atoms with Crippen molar-refractivity contribution in [3.8, 4) is 5.75 Å². The van der Waals surface area contributed by atoms with Gasteiger partial charge in [0.25, 0.3) is 0 Å². The molecule has 0 radical (unpaired) electrons. The first-order valence-corrected chi connectivity index (χ1v) is 12.5. The minimum atomic E-state index is -0.310. The van der Waals surface area contributed by atoms with Gasteiger partial charge in [0.15, 0.2) is 0 Å². The fourth-order valence-electron chi connectivity index (χ4n) is 4.19. The number of esters is 1. The Morgan fingerprint density at radius 2 is 1.79 bits per heavy atom.